The number of esters is 2. The third-order valence-corrected chi connectivity index (χ3v) is 4.08. The van der Waals surface area contributed by atoms with Crippen molar-refractivity contribution in [1.29, 1.82) is 0 Å². The molecule has 2 unspecified atom stereocenters. The Labute approximate surface area is 138 Å². The summed E-state index contributed by atoms with van der Waals surface area (Å²) in [5.74, 6) is -0.986. The summed E-state index contributed by atoms with van der Waals surface area (Å²) in [6, 6.07) is 9.65. The van der Waals surface area contributed by atoms with E-state index in [-0.39, 0.29) is 31.5 Å². The molecule has 4 heteroatoms. The first-order chi connectivity index (χ1) is 11.0. The maximum atomic E-state index is 12.7. The fourth-order valence-corrected chi connectivity index (χ4v) is 2.80. The number of carbonyl (C=O) groups is 2. The normalized spacial score (nSPS) is 14.4. The highest BCUT2D eigenvalue weighted by Crippen LogP contribution is 2.43. The summed E-state index contributed by atoms with van der Waals surface area (Å²) in [6.45, 7) is 9.75. The number of hydrogen-bond donors (Lipinski definition) is 0. The van der Waals surface area contributed by atoms with E-state index in [2.05, 4.69) is 6.58 Å². The van der Waals surface area contributed by atoms with Crippen molar-refractivity contribution in [2.45, 2.75) is 39.5 Å². The molecule has 1 aromatic rings. The van der Waals surface area contributed by atoms with Gasteiger partial charge in [-0.15, -0.1) is 6.58 Å². The molecule has 0 aromatic heterocycles. The lowest BCUT2D eigenvalue weighted by Crippen LogP contribution is -2.40. The van der Waals surface area contributed by atoms with Gasteiger partial charge in [-0.25, -0.2) is 0 Å². The maximum Gasteiger partial charge on any atom is 0.313 e. The standard InChI is InChI=1S/C19H26O4/c1-5-13-19(18(21)23-7-3,14-17(20)22-6-2)15(4)16-11-9-8-10-12-16/h5,8-12,15H,1,6-7,13-14H2,2-4H3. The van der Waals surface area contributed by atoms with Crippen LogP contribution in [0.15, 0.2) is 43.0 Å². The van der Waals surface area contributed by atoms with E-state index in [1.807, 2.05) is 37.3 Å². The second kappa shape index (κ2) is 9.13. The highest BCUT2D eigenvalue weighted by molar-refractivity contribution is 5.85. The third kappa shape index (κ3) is 4.68. The van der Waals surface area contributed by atoms with Crippen molar-refractivity contribution in [2.24, 2.45) is 5.41 Å². The Bertz CT molecular complexity index is 523. The van der Waals surface area contributed by atoms with Crippen molar-refractivity contribution in [3.05, 3.63) is 48.6 Å². The van der Waals surface area contributed by atoms with E-state index in [9.17, 15) is 9.59 Å². The first-order valence-electron chi connectivity index (χ1n) is 8.00. The molecule has 1 aromatic carbocycles. The van der Waals surface area contributed by atoms with E-state index in [0.29, 0.717) is 6.42 Å². The van der Waals surface area contributed by atoms with Gasteiger partial charge in [-0.3, -0.25) is 9.59 Å². The van der Waals surface area contributed by atoms with E-state index in [4.69, 9.17) is 9.47 Å². The molecule has 0 radical (unpaired) electrons. The average Bonchev–Trinajstić information content (AvgIpc) is 2.55. The van der Waals surface area contributed by atoms with Crippen molar-refractivity contribution in [3.8, 4) is 0 Å². The molecule has 0 amide bonds. The van der Waals surface area contributed by atoms with Crippen LogP contribution in [0.5, 0.6) is 0 Å². The van der Waals surface area contributed by atoms with Crippen LogP contribution < -0.4 is 0 Å². The lowest BCUT2D eigenvalue weighted by molar-refractivity contribution is -0.163. The van der Waals surface area contributed by atoms with Gasteiger partial charge in [0.2, 0.25) is 0 Å². The van der Waals surface area contributed by atoms with Crippen LogP contribution in [0.25, 0.3) is 0 Å². The van der Waals surface area contributed by atoms with Crippen molar-refractivity contribution >= 4 is 11.9 Å². The van der Waals surface area contributed by atoms with Gasteiger partial charge in [-0.05, 0) is 31.7 Å². The topological polar surface area (TPSA) is 52.6 Å². The first kappa shape index (κ1) is 18.9. The minimum absolute atomic E-state index is 0.0260. The molecule has 0 bridgehead atoms. The molecule has 0 heterocycles. The quantitative estimate of drug-likeness (QED) is 0.512. The van der Waals surface area contributed by atoms with Gasteiger partial charge >= 0.3 is 11.9 Å². The lowest BCUT2D eigenvalue weighted by atomic mass is 9.68. The molecule has 1 rings (SSSR count). The molecule has 0 aliphatic carbocycles. The van der Waals surface area contributed by atoms with E-state index in [1.54, 1.807) is 19.9 Å². The molecule has 0 spiro atoms. The van der Waals surface area contributed by atoms with Crippen LogP contribution in [0.4, 0.5) is 0 Å². The van der Waals surface area contributed by atoms with Gasteiger partial charge in [0.05, 0.1) is 25.0 Å². The zero-order valence-electron chi connectivity index (χ0n) is 14.2. The summed E-state index contributed by atoms with van der Waals surface area (Å²) in [5, 5.41) is 0. The second-order valence-electron chi connectivity index (χ2n) is 5.48. The van der Waals surface area contributed by atoms with Crippen LogP contribution in [0, 0.1) is 5.41 Å². The number of rotatable bonds is 9. The van der Waals surface area contributed by atoms with E-state index < -0.39 is 11.4 Å². The largest absolute Gasteiger partial charge is 0.466 e. The smallest absolute Gasteiger partial charge is 0.313 e. The SMILES string of the molecule is C=CCC(CC(=O)OCC)(C(=O)OCC)C(C)c1ccccc1. The summed E-state index contributed by atoms with van der Waals surface area (Å²) in [7, 11) is 0. The predicted octanol–water partition coefficient (Wildman–Crippen LogP) is 3.87. The lowest BCUT2D eigenvalue weighted by Gasteiger charge is -2.35. The van der Waals surface area contributed by atoms with Gasteiger partial charge in [-0.1, -0.05) is 43.3 Å². The van der Waals surface area contributed by atoms with Crippen molar-refractivity contribution in [2.75, 3.05) is 13.2 Å². The molecule has 0 fully saturated rings. The summed E-state index contributed by atoms with van der Waals surface area (Å²) >= 11 is 0. The highest BCUT2D eigenvalue weighted by Gasteiger charge is 2.46. The number of allylic oxidation sites excluding steroid dienone is 1. The molecule has 0 N–H and O–H groups in total. The molecule has 2 atom stereocenters. The van der Waals surface area contributed by atoms with Crippen LogP contribution in [0.2, 0.25) is 0 Å². The number of ether oxygens (including phenoxy) is 2. The molecule has 4 nitrogen and oxygen atoms in total. The average molecular weight is 318 g/mol. The summed E-state index contributed by atoms with van der Waals surface area (Å²) < 4.78 is 10.4. The van der Waals surface area contributed by atoms with Gasteiger partial charge in [0, 0.05) is 0 Å². The Morgan fingerprint density at radius 3 is 2.30 bits per heavy atom. The van der Waals surface area contributed by atoms with Crippen LogP contribution >= 0.6 is 0 Å². The van der Waals surface area contributed by atoms with Crippen molar-refractivity contribution in [1.82, 2.24) is 0 Å². The van der Waals surface area contributed by atoms with E-state index >= 15 is 0 Å². The summed E-state index contributed by atoms with van der Waals surface area (Å²) in [5.41, 5.74) is -0.0301. The summed E-state index contributed by atoms with van der Waals surface area (Å²) in [4.78, 5) is 24.8. The van der Waals surface area contributed by atoms with E-state index in [1.165, 1.54) is 0 Å². The number of carbonyl (C=O) groups excluding carboxylic acids is 2. The summed E-state index contributed by atoms with van der Waals surface area (Å²) in [6.07, 6.45) is 1.98. The number of benzene rings is 1. The molecule has 0 saturated heterocycles. The molecule has 126 valence electrons. The molecule has 0 aliphatic rings. The molecule has 0 saturated carbocycles. The molecule has 23 heavy (non-hydrogen) atoms. The maximum absolute atomic E-state index is 12.7. The Hall–Kier alpha value is -2.10. The van der Waals surface area contributed by atoms with Gasteiger partial charge in [0.1, 0.15) is 0 Å². The molecule has 0 aliphatic heterocycles. The minimum atomic E-state index is -1.01. The van der Waals surface area contributed by atoms with Crippen LogP contribution in [-0.2, 0) is 19.1 Å². The van der Waals surface area contributed by atoms with Gasteiger partial charge in [0.25, 0.3) is 0 Å². The molecular formula is C19H26O4. The van der Waals surface area contributed by atoms with Crippen LogP contribution in [-0.4, -0.2) is 25.2 Å². The third-order valence-electron chi connectivity index (χ3n) is 4.08. The Morgan fingerprint density at radius 2 is 1.78 bits per heavy atom. The van der Waals surface area contributed by atoms with E-state index in [0.717, 1.165) is 5.56 Å². The monoisotopic (exact) mass is 318 g/mol. The second-order valence-corrected chi connectivity index (χ2v) is 5.48. The van der Waals surface area contributed by atoms with Gasteiger partial charge in [-0.2, -0.15) is 0 Å². The zero-order chi connectivity index (χ0) is 17.3. The Morgan fingerprint density at radius 1 is 1.17 bits per heavy atom. The zero-order valence-corrected chi connectivity index (χ0v) is 14.2. The first-order valence-corrected chi connectivity index (χ1v) is 8.00. The van der Waals surface area contributed by atoms with Crippen molar-refractivity contribution < 1.29 is 19.1 Å². The highest BCUT2D eigenvalue weighted by atomic mass is 16.5. The van der Waals surface area contributed by atoms with Gasteiger partial charge in [0.15, 0.2) is 0 Å². The number of hydrogen-bond acceptors (Lipinski definition) is 4. The molecular weight excluding hydrogens is 292 g/mol. The fourth-order valence-electron chi connectivity index (χ4n) is 2.80. The predicted molar refractivity (Wildman–Crippen MR) is 90.0 cm³/mol. The Balaban J connectivity index is 3.27. The van der Waals surface area contributed by atoms with Crippen LogP contribution in [0.3, 0.4) is 0 Å². The van der Waals surface area contributed by atoms with Gasteiger partial charge < -0.3 is 9.47 Å². The van der Waals surface area contributed by atoms with Crippen LogP contribution in [0.1, 0.15) is 45.1 Å². The Kier molecular flexibility index (Phi) is 7.52. The minimum Gasteiger partial charge on any atom is -0.466 e. The fraction of sp³-hybridized carbons (Fsp3) is 0.474. The van der Waals surface area contributed by atoms with Crippen molar-refractivity contribution in [3.63, 3.8) is 0 Å².